The van der Waals surface area contributed by atoms with Gasteiger partial charge >= 0.3 is 0 Å². The van der Waals surface area contributed by atoms with E-state index in [1.165, 1.54) is 0 Å². The SMILES string of the molecule is CCn1c(C(C)N)cnc1-c1cc(OC)cc(OC)c1. The summed E-state index contributed by atoms with van der Waals surface area (Å²) < 4.78 is 12.7. The van der Waals surface area contributed by atoms with E-state index in [2.05, 4.69) is 16.5 Å². The molecule has 0 saturated carbocycles. The van der Waals surface area contributed by atoms with Gasteiger partial charge in [-0.2, -0.15) is 0 Å². The van der Waals surface area contributed by atoms with E-state index in [4.69, 9.17) is 15.2 Å². The first-order chi connectivity index (χ1) is 9.60. The van der Waals surface area contributed by atoms with Crippen LogP contribution in [0.1, 0.15) is 25.6 Å². The summed E-state index contributed by atoms with van der Waals surface area (Å²) in [4.78, 5) is 4.50. The van der Waals surface area contributed by atoms with Crippen LogP contribution in [0.4, 0.5) is 0 Å². The van der Waals surface area contributed by atoms with Gasteiger partial charge in [-0.15, -0.1) is 0 Å². The Hall–Kier alpha value is -2.01. The lowest BCUT2D eigenvalue weighted by atomic mass is 10.2. The summed E-state index contributed by atoms with van der Waals surface area (Å²) in [5.74, 6) is 2.36. The van der Waals surface area contributed by atoms with Crippen molar-refractivity contribution in [1.82, 2.24) is 9.55 Å². The molecule has 0 aliphatic heterocycles. The molecule has 2 N–H and O–H groups in total. The zero-order chi connectivity index (χ0) is 14.7. The van der Waals surface area contributed by atoms with Crippen molar-refractivity contribution in [2.45, 2.75) is 26.4 Å². The number of methoxy groups -OCH3 is 2. The highest BCUT2D eigenvalue weighted by Gasteiger charge is 2.14. The number of hydrogen-bond acceptors (Lipinski definition) is 4. The van der Waals surface area contributed by atoms with Gasteiger partial charge in [-0.3, -0.25) is 0 Å². The lowest BCUT2D eigenvalue weighted by Crippen LogP contribution is -2.12. The van der Waals surface area contributed by atoms with Crippen LogP contribution >= 0.6 is 0 Å². The number of hydrogen-bond donors (Lipinski definition) is 1. The lowest BCUT2D eigenvalue weighted by molar-refractivity contribution is 0.394. The first-order valence-corrected chi connectivity index (χ1v) is 6.65. The Balaban J connectivity index is 2.56. The maximum atomic E-state index is 5.98. The summed E-state index contributed by atoms with van der Waals surface area (Å²) in [5, 5.41) is 0. The van der Waals surface area contributed by atoms with Crippen LogP contribution in [-0.4, -0.2) is 23.8 Å². The highest BCUT2D eigenvalue weighted by Crippen LogP contribution is 2.30. The summed E-state index contributed by atoms with van der Waals surface area (Å²) in [6, 6.07) is 5.68. The van der Waals surface area contributed by atoms with E-state index in [1.807, 2.05) is 31.3 Å². The fourth-order valence-electron chi connectivity index (χ4n) is 2.25. The fraction of sp³-hybridized carbons (Fsp3) is 0.400. The predicted molar refractivity (Wildman–Crippen MR) is 79.0 cm³/mol. The number of aromatic nitrogens is 2. The number of benzene rings is 1. The third kappa shape index (κ3) is 2.63. The largest absolute Gasteiger partial charge is 0.497 e. The van der Waals surface area contributed by atoms with Gasteiger partial charge in [0.1, 0.15) is 17.3 Å². The highest BCUT2D eigenvalue weighted by atomic mass is 16.5. The van der Waals surface area contributed by atoms with E-state index in [-0.39, 0.29) is 6.04 Å². The zero-order valence-electron chi connectivity index (χ0n) is 12.4. The molecule has 0 fully saturated rings. The molecule has 108 valence electrons. The van der Waals surface area contributed by atoms with Crippen LogP contribution in [0.25, 0.3) is 11.4 Å². The second-order valence-electron chi connectivity index (χ2n) is 4.64. The third-order valence-corrected chi connectivity index (χ3v) is 3.28. The van der Waals surface area contributed by atoms with Crippen molar-refractivity contribution in [2.75, 3.05) is 14.2 Å². The van der Waals surface area contributed by atoms with Gasteiger partial charge in [0, 0.05) is 24.2 Å². The molecule has 2 aromatic rings. The van der Waals surface area contributed by atoms with E-state index in [0.717, 1.165) is 35.1 Å². The second-order valence-corrected chi connectivity index (χ2v) is 4.64. The quantitative estimate of drug-likeness (QED) is 0.911. The van der Waals surface area contributed by atoms with E-state index in [1.54, 1.807) is 14.2 Å². The molecule has 2 rings (SSSR count). The number of ether oxygens (including phenoxy) is 2. The maximum absolute atomic E-state index is 5.98. The summed E-state index contributed by atoms with van der Waals surface area (Å²) in [6.07, 6.45) is 1.83. The summed E-state index contributed by atoms with van der Waals surface area (Å²) in [6.45, 7) is 4.85. The minimum atomic E-state index is -0.0521. The monoisotopic (exact) mass is 275 g/mol. The Morgan fingerprint density at radius 3 is 2.25 bits per heavy atom. The van der Waals surface area contributed by atoms with Crippen molar-refractivity contribution in [3.63, 3.8) is 0 Å². The Kier molecular flexibility index (Phi) is 4.29. The van der Waals surface area contributed by atoms with Crippen molar-refractivity contribution in [3.8, 4) is 22.9 Å². The normalized spacial score (nSPS) is 12.2. The minimum absolute atomic E-state index is 0.0521. The second kappa shape index (κ2) is 5.96. The van der Waals surface area contributed by atoms with E-state index in [0.29, 0.717) is 0 Å². The van der Waals surface area contributed by atoms with Crippen LogP contribution in [0.5, 0.6) is 11.5 Å². The molecule has 0 aliphatic carbocycles. The molecule has 1 aromatic heterocycles. The molecular formula is C15H21N3O2. The fourth-order valence-corrected chi connectivity index (χ4v) is 2.25. The molecule has 0 spiro atoms. The van der Waals surface area contributed by atoms with Crippen LogP contribution in [0.15, 0.2) is 24.4 Å². The van der Waals surface area contributed by atoms with Gasteiger partial charge in [-0.1, -0.05) is 0 Å². The summed E-state index contributed by atoms with van der Waals surface area (Å²) in [5.41, 5.74) is 7.95. The molecule has 0 aliphatic rings. The van der Waals surface area contributed by atoms with Gasteiger partial charge in [0.2, 0.25) is 0 Å². The van der Waals surface area contributed by atoms with Crippen LogP contribution in [0, 0.1) is 0 Å². The molecule has 1 heterocycles. The summed E-state index contributed by atoms with van der Waals surface area (Å²) >= 11 is 0. The molecule has 0 amide bonds. The molecule has 0 bridgehead atoms. The van der Waals surface area contributed by atoms with Crippen LogP contribution in [0.2, 0.25) is 0 Å². The standard InChI is InChI=1S/C15H21N3O2/c1-5-18-14(10(2)16)9-17-15(18)11-6-12(19-3)8-13(7-11)20-4/h6-10H,5,16H2,1-4H3. The maximum Gasteiger partial charge on any atom is 0.140 e. The zero-order valence-corrected chi connectivity index (χ0v) is 12.4. The third-order valence-electron chi connectivity index (χ3n) is 3.28. The summed E-state index contributed by atoms with van der Waals surface area (Å²) in [7, 11) is 3.27. The first-order valence-electron chi connectivity index (χ1n) is 6.65. The number of imidazole rings is 1. The van der Waals surface area contributed by atoms with Crippen molar-refractivity contribution in [3.05, 3.63) is 30.1 Å². The van der Waals surface area contributed by atoms with Gasteiger partial charge < -0.3 is 19.8 Å². The molecule has 0 saturated heterocycles. The molecule has 5 heteroatoms. The predicted octanol–water partition coefficient (Wildman–Crippen LogP) is 2.61. The van der Waals surface area contributed by atoms with Crippen molar-refractivity contribution >= 4 is 0 Å². The number of nitrogens with two attached hydrogens (primary N) is 1. The van der Waals surface area contributed by atoms with Crippen molar-refractivity contribution in [2.24, 2.45) is 5.73 Å². The van der Waals surface area contributed by atoms with E-state index >= 15 is 0 Å². The Labute approximate surface area is 119 Å². The molecule has 1 atom stereocenters. The number of nitrogens with zero attached hydrogens (tertiary/aromatic N) is 2. The highest BCUT2D eigenvalue weighted by molar-refractivity contribution is 5.62. The van der Waals surface area contributed by atoms with E-state index < -0.39 is 0 Å². The van der Waals surface area contributed by atoms with Gasteiger partial charge in [-0.25, -0.2) is 4.98 Å². The Morgan fingerprint density at radius 2 is 1.80 bits per heavy atom. The van der Waals surface area contributed by atoms with Crippen molar-refractivity contribution < 1.29 is 9.47 Å². The molecule has 0 radical (unpaired) electrons. The molecule has 1 aromatic carbocycles. The topological polar surface area (TPSA) is 62.3 Å². The smallest absolute Gasteiger partial charge is 0.140 e. The Bertz CT molecular complexity index is 569. The molecular weight excluding hydrogens is 254 g/mol. The Morgan fingerprint density at radius 1 is 1.20 bits per heavy atom. The van der Waals surface area contributed by atoms with E-state index in [9.17, 15) is 0 Å². The van der Waals surface area contributed by atoms with Crippen molar-refractivity contribution in [1.29, 1.82) is 0 Å². The molecule has 5 nitrogen and oxygen atoms in total. The van der Waals surface area contributed by atoms with Gasteiger partial charge in [0.25, 0.3) is 0 Å². The lowest BCUT2D eigenvalue weighted by Gasteiger charge is -2.13. The molecule has 20 heavy (non-hydrogen) atoms. The number of rotatable bonds is 5. The van der Waals surface area contributed by atoms with Crippen LogP contribution in [0.3, 0.4) is 0 Å². The van der Waals surface area contributed by atoms with Crippen LogP contribution < -0.4 is 15.2 Å². The van der Waals surface area contributed by atoms with Gasteiger partial charge in [0.05, 0.1) is 26.1 Å². The first kappa shape index (κ1) is 14.4. The van der Waals surface area contributed by atoms with Gasteiger partial charge in [0.15, 0.2) is 0 Å². The average Bonchev–Trinajstić information content (AvgIpc) is 2.90. The van der Waals surface area contributed by atoms with Crippen LogP contribution in [-0.2, 0) is 6.54 Å². The molecule has 1 unspecified atom stereocenters. The minimum Gasteiger partial charge on any atom is -0.497 e. The van der Waals surface area contributed by atoms with Gasteiger partial charge in [-0.05, 0) is 26.0 Å². The average molecular weight is 275 g/mol.